The predicted molar refractivity (Wildman–Crippen MR) is 96.8 cm³/mol. The van der Waals surface area contributed by atoms with Gasteiger partial charge >= 0.3 is 23.9 Å². The zero-order chi connectivity index (χ0) is 20.9. The van der Waals surface area contributed by atoms with E-state index in [-0.39, 0.29) is 25.4 Å². The average molecular weight is 396 g/mol. The highest BCUT2D eigenvalue weighted by Crippen LogP contribution is 2.36. The Morgan fingerprint density at radius 1 is 1.07 bits per heavy atom. The fourth-order valence-electron chi connectivity index (χ4n) is 3.34. The Hall–Kier alpha value is -2.38. The quantitative estimate of drug-likeness (QED) is 0.278. The Morgan fingerprint density at radius 3 is 2.18 bits per heavy atom. The van der Waals surface area contributed by atoms with E-state index in [0.29, 0.717) is 12.8 Å². The fourth-order valence-corrected chi connectivity index (χ4v) is 3.34. The van der Waals surface area contributed by atoms with Gasteiger partial charge in [0.25, 0.3) is 0 Å². The highest BCUT2D eigenvalue weighted by molar-refractivity contribution is 5.87. The first-order chi connectivity index (χ1) is 13.1. The Kier molecular flexibility index (Phi) is 7.21. The zero-order valence-electron chi connectivity index (χ0n) is 16.7. The van der Waals surface area contributed by atoms with Gasteiger partial charge in [-0.3, -0.25) is 9.59 Å². The summed E-state index contributed by atoms with van der Waals surface area (Å²) < 4.78 is 20.5. The van der Waals surface area contributed by atoms with E-state index in [2.05, 4.69) is 6.58 Å². The molecule has 3 unspecified atom stereocenters. The first-order valence-electron chi connectivity index (χ1n) is 9.50. The van der Waals surface area contributed by atoms with E-state index in [4.69, 9.17) is 18.9 Å². The van der Waals surface area contributed by atoms with Gasteiger partial charge in [-0.1, -0.05) is 33.3 Å². The molecule has 1 aliphatic heterocycles. The molecule has 2 aliphatic rings. The molecule has 1 saturated carbocycles. The average Bonchev–Trinajstić information content (AvgIpc) is 2.91. The molecule has 156 valence electrons. The van der Waals surface area contributed by atoms with Crippen molar-refractivity contribution >= 4 is 23.9 Å². The lowest BCUT2D eigenvalue weighted by atomic mass is 9.79. The summed E-state index contributed by atoms with van der Waals surface area (Å²) in [6, 6.07) is 0. The van der Waals surface area contributed by atoms with E-state index in [1.165, 1.54) is 6.92 Å². The second-order valence-electron chi connectivity index (χ2n) is 7.99. The molecule has 0 spiro atoms. The third kappa shape index (κ3) is 5.33. The third-order valence-electron chi connectivity index (χ3n) is 5.03. The van der Waals surface area contributed by atoms with E-state index in [1.54, 1.807) is 13.8 Å². The molecule has 0 aromatic carbocycles. The van der Waals surface area contributed by atoms with Gasteiger partial charge in [0, 0.05) is 11.0 Å². The van der Waals surface area contributed by atoms with Crippen LogP contribution in [0.15, 0.2) is 12.2 Å². The van der Waals surface area contributed by atoms with Gasteiger partial charge in [-0.05, 0) is 19.8 Å². The van der Waals surface area contributed by atoms with Crippen LogP contribution in [0.25, 0.3) is 0 Å². The van der Waals surface area contributed by atoms with Crippen LogP contribution < -0.4 is 0 Å². The van der Waals surface area contributed by atoms with Gasteiger partial charge < -0.3 is 18.9 Å². The molecular formula is C20H28O8. The Bertz CT molecular complexity index is 651. The predicted octanol–water partition coefficient (Wildman–Crippen LogP) is 1.95. The molecule has 8 heteroatoms. The van der Waals surface area contributed by atoms with Gasteiger partial charge in [-0.2, -0.15) is 0 Å². The lowest BCUT2D eigenvalue weighted by Gasteiger charge is -2.30. The monoisotopic (exact) mass is 396 g/mol. The first kappa shape index (κ1) is 21.9. The minimum Gasteiger partial charge on any atom is -0.462 e. The Morgan fingerprint density at radius 2 is 1.64 bits per heavy atom. The van der Waals surface area contributed by atoms with Crippen molar-refractivity contribution in [2.75, 3.05) is 19.8 Å². The Labute approximate surface area is 164 Å². The number of carbonyl (C=O) groups excluding carboxylic acids is 4. The molecule has 1 saturated heterocycles. The Balaban J connectivity index is 1.90. The minimum absolute atomic E-state index is 0.0820. The molecular weight excluding hydrogens is 368 g/mol. The SMILES string of the molecule is C=C(C)C(=O)OCCOC(=O)C1CCCCC1C(=O)OC1C(=O)OCC1(C)C. The van der Waals surface area contributed by atoms with E-state index in [1.807, 2.05) is 0 Å². The van der Waals surface area contributed by atoms with Gasteiger partial charge in [0.2, 0.25) is 6.10 Å². The van der Waals surface area contributed by atoms with Crippen molar-refractivity contribution in [2.45, 2.75) is 52.6 Å². The standard InChI is InChI=1S/C20H28O8/c1-12(2)16(21)25-9-10-26-17(22)13-7-5-6-8-14(13)18(23)28-15-19(24)27-11-20(15,3)4/h13-15H,1,5-11H2,2-4H3. The molecule has 0 amide bonds. The van der Waals surface area contributed by atoms with E-state index >= 15 is 0 Å². The number of cyclic esters (lactones) is 1. The maximum atomic E-state index is 12.7. The molecule has 0 bridgehead atoms. The van der Waals surface area contributed by atoms with Crippen molar-refractivity contribution in [3.63, 3.8) is 0 Å². The van der Waals surface area contributed by atoms with Crippen LogP contribution in [-0.4, -0.2) is 49.8 Å². The van der Waals surface area contributed by atoms with Crippen LogP contribution >= 0.6 is 0 Å². The molecule has 2 fully saturated rings. The number of rotatable bonds is 7. The number of hydrogen-bond donors (Lipinski definition) is 0. The van der Waals surface area contributed by atoms with Gasteiger partial charge in [0.1, 0.15) is 19.8 Å². The van der Waals surface area contributed by atoms with Gasteiger partial charge in [0.05, 0.1) is 11.8 Å². The van der Waals surface area contributed by atoms with Crippen LogP contribution in [0.1, 0.15) is 46.5 Å². The normalized spacial score (nSPS) is 26.1. The maximum Gasteiger partial charge on any atom is 0.348 e. The first-order valence-corrected chi connectivity index (χ1v) is 9.50. The van der Waals surface area contributed by atoms with Crippen LogP contribution in [0, 0.1) is 17.3 Å². The van der Waals surface area contributed by atoms with Crippen LogP contribution in [0.2, 0.25) is 0 Å². The van der Waals surface area contributed by atoms with Crippen molar-refractivity contribution in [1.82, 2.24) is 0 Å². The number of carbonyl (C=O) groups is 4. The van der Waals surface area contributed by atoms with Crippen molar-refractivity contribution in [3.05, 3.63) is 12.2 Å². The van der Waals surface area contributed by atoms with E-state index in [0.717, 1.165) is 12.8 Å². The van der Waals surface area contributed by atoms with Gasteiger partial charge in [-0.25, -0.2) is 9.59 Å². The summed E-state index contributed by atoms with van der Waals surface area (Å²) in [5.41, 5.74) is -0.348. The maximum absolute atomic E-state index is 12.7. The van der Waals surface area contributed by atoms with Crippen molar-refractivity contribution in [1.29, 1.82) is 0 Å². The molecule has 1 heterocycles. The van der Waals surface area contributed by atoms with Crippen molar-refractivity contribution < 1.29 is 38.1 Å². The van der Waals surface area contributed by atoms with Gasteiger partial charge in [0.15, 0.2) is 0 Å². The largest absolute Gasteiger partial charge is 0.462 e. The van der Waals surface area contributed by atoms with Crippen LogP contribution in [-0.2, 0) is 38.1 Å². The summed E-state index contributed by atoms with van der Waals surface area (Å²) in [5.74, 6) is -3.52. The molecule has 0 aromatic rings. The van der Waals surface area contributed by atoms with E-state index in [9.17, 15) is 19.2 Å². The molecule has 2 rings (SSSR count). The summed E-state index contributed by atoms with van der Waals surface area (Å²) in [5, 5.41) is 0. The summed E-state index contributed by atoms with van der Waals surface area (Å²) >= 11 is 0. The molecule has 8 nitrogen and oxygen atoms in total. The zero-order valence-corrected chi connectivity index (χ0v) is 16.7. The van der Waals surface area contributed by atoms with Crippen LogP contribution in [0.5, 0.6) is 0 Å². The lowest BCUT2D eigenvalue weighted by Crippen LogP contribution is -2.41. The number of ether oxygens (including phenoxy) is 4. The number of esters is 4. The van der Waals surface area contributed by atoms with Crippen LogP contribution in [0.4, 0.5) is 0 Å². The highest BCUT2D eigenvalue weighted by Gasteiger charge is 2.48. The third-order valence-corrected chi connectivity index (χ3v) is 5.03. The molecule has 28 heavy (non-hydrogen) atoms. The second-order valence-corrected chi connectivity index (χ2v) is 7.99. The summed E-state index contributed by atoms with van der Waals surface area (Å²) in [6.45, 7) is 8.56. The van der Waals surface area contributed by atoms with Gasteiger partial charge in [-0.15, -0.1) is 0 Å². The van der Waals surface area contributed by atoms with Crippen molar-refractivity contribution in [3.8, 4) is 0 Å². The summed E-state index contributed by atoms with van der Waals surface area (Å²) in [6.07, 6.45) is 1.61. The molecule has 3 atom stereocenters. The topological polar surface area (TPSA) is 105 Å². The smallest absolute Gasteiger partial charge is 0.348 e. The molecule has 0 N–H and O–H groups in total. The van der Waals surface area contributed by atoms with Crippen LogP contribution in [0.3, 0.4) is 0 Å². The van der Waals surface area contributed by atoms with Crippen molar-refractivity contribution in [2.24, 2.45) is 17.3 Å². The second kappa shape index (κ2) is 9.21. The lowest BCUT2D eigenvalue weighted by molar-refractivity contribution is -0.173. The molecule has 1 aliphatic carbocycles. The summed E-state index contributed by atoms with van der Waals surface area (Å²) in [7, 11) is 0. The summed E-state index contributed by atoms with van der Waals surface area (Å²) in [4.78, 5) is 48.3. The highest BCUT2D eigenvalue weighted by atomic mass is 16.6. The minimum atomic E-state index is -0.972. The molecule has 0 radical (unpaired) electrons. The van der Waals surface area contributed by atoms with E-state index < -0.39 is 47.2 Å². The molecule has 0 aromatic heterocycles. The number of hydrogen-bond acceptors (Lipinski definition) is 8. The fraction of sp³-hybridized carbons (Fsp3) is 0.700.